The van der Waals surface area contributed by atoms with Crippen molar-refractivity contribution in [3.63, 3.8) is 0 Å². The van der Waals surface area contributed by atoms with E-state index in [2.05, 4.69) is 10.6 Å². The average Bonchev–Trinajstić information content (AvgIpc) is 2.58. The zero-order valence-corrected chi connectivity index (χ0v) is 14.6. The van der Waals surface area contributed by atoms with Crippen molar-refractivity contribution < 1.29 is 9.59 Å². The molecule has 0 radical (unpaired) electrons. The van der Waals surface area contributed by atoms with Crippen molar-refractivity contribution in [2.45, 2.75) is 20.4 Å². The molecule has 2 aromatic carbocycles. The summed E-state index contributed by atoms with van der Waals surface area (Å²) in [5.74, 6) is 0.0552. The molecule has 5 heteroatoms. The predicted octanol–water partition coefficient (Wildman–Crippen LogP) is 3.66. The first-order valence-corrected chi connectivity index (χ1v) is 8.25. The number of rotatable bonds is 6. The number of hydrogen-bond donors (Lipinski definition) is 2. The third kappa shape index (κ3) is 5.10. The summed E-state index contributed by atoms with van der Waals surface area (Å²) < 4.78 is 0. The Morgan fingerprint density at radius 2 is 1.46 bits per heavy atom. The van der Waals surface area contributed by atoms with Gasteiger partial charge < -0.3 is 10.6 Å². The van der Waals surface area contributed by atoms with Gasteiger partial charge in [0.25, 0.3) is 11.8 Å². The van der Waals surface area contributed by atoms with Crippen LogP contribution in [0.5, 0.6) is 0 Å². The van der Waals surface area contributed by atoms with Crippen molar-refractivity contribution in [3.8, 4) is 0 Å². The molecule has 0 aliphatic heterocycles. The highest BCUT2D eigenvalue weighted by Crippen LogP contribution is 2.14. The molecule has 0 atom stereocenters. The van der Waals surface area contributed by atoms with Crippen LogP contribution in [0.25, 0.3) is 0 Å². The van der Waals surface area contributed by atoms with E-state index in [1.807, 2.05) is 32.0 Å². The normalized spacial score (nSPS) is 10.5. The van der Waals surface area contributed by atoms with Gasteiger partial charge in [0.1, 0.15) is 0 Å². The lowest BCUT2D eigenvalue weighted by Crippen LogP contribution is -2.27. The third-order valence-electron chi connectivity index (χ3n) is 3.48. The van der Waals surface area contributed by atoms with E-state index in [-0.39, 0.29) is 11.8 Å². The topological polar surface area (TPSA) is 58.2 Å². The largest absolute Gasteiger partial charge is 0.352 e. The Kier molecular flexibility index (Phi) is 6.38. The van der Waals surface area contributed by atoms with E-state index in [1.54, 1.807) is 30.3 Å². The van der Waals surface area contributed by atoms with Gasteiger partial charge in [0.15, 0.2) is 0 Å². The molecule has 0 bridgehead atoms. The van der Waals surface area contributed by atoms with Gasteiger partial charge in [0.05, 0.1) is 0 Å². The van der Waals surface area contributed by atoms with Gasteiger partial charge >= 0.3 is 0 Å². The number of benzene rings is 2. The minimum absolute atomic E-state index is 0.133. The van der Waals surface area contributed by atoms with Gasteiger partial charge in [-0.15, -0.1) is 0 Å². The maximum atomic E-state index is 12.2. The van der Waals surface area contributed by atoms with Gasteiger partial charge in [-0.2, -0.15) is 0 Å². The van der Waals surface area contributed by atoms with Crippen LogP contribution in [0.1, 0.15) is 40.1 Å². The van der Waals surface area contributed by atoms with Gasteiger partial charge in [-0.05, 0) is 41.8 Å². The number of carbonyl (C=O) groups excluding carboxylic acids is 2. The summed E-state index contributed by atoms with van der Waals surface area (Å²) in [6.45, 7) is 5.05. The Morgan fingerprint density at radius 1 is 0.917 bits per heavy atom. The summed E-state index contributed by atoms with van der Waals surface area (Å²) in [4.78, 5) is 24.1. The zero-order valence-electron chi connectivity index (χ0n) is 13.8. The van der Waals surface area contributed by atoms with Crippen molar-refractivity contribution in [3.05, 3.63) is 70.2 Å². The number of halogens is 1. The molecule has 126 valence electrons. The van der Waals surface area contributed by atoms with Crippen LogP contribution in [0.15, 0.2) is 48.5 Å². The van der Waals surface area contributed by atoms with Crippen LogP contribution in [-0.2, 0) is 6.54 Å². The van der Waals surface area contributed by atoms with Gasteiger partial charge in [-0.1, -0.05) is 43.6 Å². The highest BCUT2D eigenvalue weighted by Gasteiger charge is 2.09. The van der Waals surface area contributed by atoms with Crippen LogP contribution in [0.4, 0.5) is 0 Å². The smallest absolute Gasteiger partial charge is 0.251 e. The van der Waals surface area contributed by atoms with Crippen molar-refractivity contribution in [2.24, 2.45) is 5.92 Å². The van der Waals surface area contributed by atoms with E-state index in [9.17, 15) is 9.59 Å². The van der Waals surface area contributed by atoms with Crippen molar-refractivity contribution in [2.75, 3.05) is 6.54 Å². The molecule has 0 saturated heterocycles. The van der Waals surface area contributed by atoms with Crippen LogP contribution in [0, 0.1) is 5.92 Å². The lowest BCUT2D eigenvalue weighted by molar-refractivity contribution is 0.0938. The van der Waals surface area contributed by atoms with E-state index < -0.39 is 0 Å². The quantitative estimate of drug-likeness (QED) is 0.840. The van der Waals surface area contributed by atoms with Crippen LogP contribution >= 0.6 is 11.6 Å². The number of nitrogens with one attached hydrogen (secondary N) is 2. The Hall–Kier alpha value is -2.33. The van der Waals surface area contributed by atoms with E-state index >= 15 is 0 Å². The molecule has 24 heavy (non-hydrogen) atoms. The van der Waals surface area contributed by atoms with E-state index in [4.69, 9.17) is 11.6 Å². The number of hydrogen-bond acceptors (Lipinski definition) is 2. The first-order valence-electron chi connectivity index (χ1n) is 7.87. The molecule has 2 N–H and O–H groups in total. The standard InChI is InChI=1S/C19H21ClN2O2/c1-13(2)11-21-18(23)14-7-9-15(10-8-14)19(24)22-12-16-5-3-4-6-17(16)20/h3-10,13H,11-12H2,1-2H3,(H,21,23)(H,22,24). The first kappa shape index (κ1) is 18.0. The zero-order chi connectivity index (χ0) is 17.5. The fourth-order valence-electron chi connectivity index (χ4n) is 2.09. The molecular formula is C19H21ClN2O2. The fourth-order valence-corrected chi connectivity index (χ4v) is 2.29. The summed E-state index contributed by atoms with van der Waals surface area (Å²) >= 11 is 6.07. The van der Waals surface area contributed by atoms with Crippen LogP contribution in [0.2, 0.25) is 5.02 Å². The summed E-state index contributed by atoms with van der Waals surface area (Å²) in [7, 11) is 0. The SMILES string of the molecule is CC(C)CNC(=O)c1ccc(C(=O)NCc2ccccc2Cl)cc1. The molecule has 2 amide bonds. The molecule has 0 fully saturated rings. The Morgan fingerprint density at radius 3 is 2.00 bits per heavy atom. The second kappa shape index (κ2) is 8.50. The molecule has 0 aliphatic carbocycles. The van der Waals surface area contributed by atoms with Gasteiger partial charge in [0, 0.05) is 29.2 Å². The van der Waals surface area contributed by atoms with Crippen LogP contribution in [0.3, 0.4) is 0 Å². The van der Waals surface area contributed by atoms with Crippen LogP contribution < -0.4 is 10.6 Å². The van der Waals surface area contributed by atoms with E-state index in [0.29, 0.717) is 35.2 Å². The molecule has 0 aromatic heterocycles. The second-order valence-corrected chi connectivity index (χ2v) is 6.36. The summed E-state index contributed by atoms with van der Waals surface area (Å²) in [6, 6.07) is 14.0. The predicted molar refractivity (Wildman–Crippen MR) is 96.2 cm³/mol. The Labute approximate surface area is 147 Å². The maximum absolute atomic E-state index is 12.2. The average molecular weight is 345 g/mol. The highest BCUT2D eigenvalue weighted by molar-refractivity contribution is 6.31. The highest BCUT2D eigenvalue weighted by atomic mass is 35.5. The molecule has 0 aliphatic rings. The number of carbonyl (C=O) groups is 2. The van der Waals surface area contributed by atoms with Crippen LogP contribution in [-0.4, -0.2) is 18.4 Å². The number of amides is 2. The summed E-state index contributed by atoms with van der Waals surface area (Å²) in [5, 5.41) is 6.29. The molecule has 2 rings (SSSR count). The van der Waals surface area contributed by atoms with Crippen molar-refractivity contribution >= 4 is 23.4 Å². The minimum Gasteiger partial charge on any atom is -0.352 e. The summed E-state index contributed by atoms with van der Waals surface area (Å²) in [5.41, 5.74) is 1.90. The molecule has 0 heterocycles. The Bertz CT molecular complexity index is 712. The lowest BCUT2D eigenvalue weighted by atomic mass is 10.1. The molecule has 0 saturated carbocycles. The first-order chi connectivity index (χ1) is 11.5. The molecular weight excluding hydrogens is 324 g/mol. The van der Waals surface area contributed by atoms with E-state index in [0.717, 1.165) is 5.56 Å². The van der Waals surface area contributed by atoms with Crippen molar-refractivity contribution in [1.29, 1.82) is 0 Å². The molecule has 0 unspecified atom stereocenters. The third-order valence-corrected chi connectivity index (χ3v) is 3.85. The van der Waals surface area contributed by atoms with Gasteiger partial charge in [-0.3, -0.25) is 9.59 Å². The Balaban J connectivity index is 1.93. The lowest BCUT2D eigenvalue weighted by Gasteiger charge is -2.09. The fraction of sp³-hybridized carbons (Fsp3) is 0.263. The second-order valence-electron chi connectivity index (χ2n) is 5.96. The molecule has 0 spiro atoms. The van der Waals surface area contributed by atoms with E-state index in [1.165, 1.54) is 0 Å². The molecule has 2 aromatic rings. The summed E-state index contributed by atoms with van der Waals surface area (Å²) in [6.07, 6.45) is 0. The minimum atomic E-state index is -0.205. The van der Waals surface area contributed by atoms with Crippen molar-refractivity contribution in [1.82, 2.24) is 10.6 Å². The maximum Gasteiger partial charge on any atom is 0.251 e. The van der Waals surface area contributed by atoms with Gasteiger partial charge in [0.2, 0.25) is 0 Å². The monoisotopic (exact) mass is 344 g/mol. The van der Waals surface area contributed by atoms with Gasteiger partial charge in [-0.25, -0.2) is 0 Å². The molecule has 4 nitrogen and oxygen atoms in total.